The van der Waals surface area contributed by atoms with E-state index in [1.165, 1.54) is 12.3 Å². The monoisotopic (exact) mass is 452 g/mol. The number of rotatable bonds is 7. The molecule has 0 bridgehead atoms. The Labute approximate surface area is 190 Å². The van der Waals surface area contributed by atoms with Gasteiger partial charge in [-0.05, 0) is 61.6 Å². The molecule has 1 heterocycles. The topological polar surface area (TPSA) is 61.3 Å². The SMILES string of the molecule is CCOC(=O)c1cncc(C2=C(c3cc(Cl)ccc3OCc3ccccc3F)CCC2)n1. The number of allylic oxidation sites excluding steroid dienone is 2. The third kappa shape index (κ3) is 4.81. The Kier molecular flexibility index (Phi) is 6.81. The molecule has 1 aliphatic rings. The molecule has 0 saturated heterocycles. The highest BCUT2D eigenvalue weighted by atomic mass is 35.5. The van der Waals surface area contributed by atoms with Gasteiger partial charge in [-0.25, -0.2) is 14.2 Å². The summed E-state index contributed by atoms with van der Waals surface area (Å²) in [5.74, 6) is -0.199. The van der Waals surface area contributed by atoms with Crippen molar-refractivity contribution in [3.05, 3.63) is 88.2 Å². The van der Waals surface area contributed by atoms with Gasteiger partial charge in [0.15, 0.2) is 5.69 Å². The van der Waals surface area contributed by atoms with Crippen molar-refractivity contribution in [1.82, 2.24) is 9.97 Å². The molecule has 0 fully saturated rings. The van der Waals surface area contributed by atoms with Crippen molar-refractivity contribution in [1.29, 1.82) is 0 Å². The summed E-state index contributed by atoms with van der Waals surface area (Å²) in [5.41, 5.74) is 4.13. The molecule has 0 radical (unpaired) electrons. The molecule has 0 spiro atoms. The van der Waals surface area contributed by atoms with E-state index < -0.39 is 5.97 Å². The molecule has 0 atom stereocenters. The third-order valence-corrected chi connectivity index (χ3v) is 5.49. The van der Waals surface area contributed by atoms with Crippen LogP contribution in [0.15, 0.2) is 54.9 Å². The van der Waals surface area contributed by atoms with E-state index in [4.69, 9.17) is 21.1 Å². The predicted molar refractivity (Wildman–Crippen MR) is 121 cm³/mol. The van der Waals surface area contributed by atoms with E-state index in [2.05, 4.69) is 9.97 Å². The van der Waals surface area contributed by atoms with Gasteiger partial charge in [-0.2, -0.15) is 0 Å². The molecule has 1 aromatic heterocycles. The fourth-order valence-electron chi connectivity index (χ4n) is 3.77. The van der Waals surface area contributed by atoms with Gasteiger partial charge in [0.2, 0.25) is 0 Å². The lowest BCUT2D eigenvalue weighted by molar-refractivity contribution is 0.0519. The lowest BCUT2D eigenvalue weighted by atomic mass is 9.99. The van der Waals surface area contributed by atoms with Crippen molar-refractivity contribution in [2.45, 2.75) is 32.8 Å². The van der Waals surface area contributed by atoms with Crippen molar-refractivity contribution in [3.8, 4) is 5.75 Å². The second-order valence-electron chi connectivity index (χ2n) is 7.34. The van der Waals surface area contributed by atoms with Crippen molar-refractivity contribution in [3.63, 3.8) is 0 Å². The van der Waals surface area contributed by atoms with E-state index in [0.717, 1.165) is 36.0 Å². The van der Waals surface area contributed by atoms with Gasteiger partial charge in [0.1, 0.15) is 18.2 Å². The smallest absolute Gasteiger partial charge is 0.358 e. The minimum absolute atomic E-state index is 0.0993. The van der Waals surface area contributed by atoms with E-state index in [1.807, 2.05) is 6.07 Å². The van der Waals surface area contributed by atoms with Crippen molar-refractivity contribution >= 4 is 28.7 Å². The summed E-state index contributed by atoms with van der Waals surface area (Å²) in [5, 5.41) is 0.573. The lowest BCUT2D eigenvalue weighted by Crippen LogP contribution is -2.09. The molecule has 0 aliphatic heterocycles. The van der Waals surface area contributed by atoms with Crippen LogP contribution in [0.5, 0.6) is 5.75 Å². The maximum absolute atomic E-state index is 14.0. The van der Waals surface area contributed by atoms with Crippen LogP contribution in [0.25, 0.3) is 11.1 Å². The van der Waals surface area contributed by atoms with Crippen molar-refractivity contribution < 1.29 is 18.7 Å². The van der Waals surface area contributed by atoms with Crippen LogP contribution >= 0.6 is 11.6 Å². The van der Waals surface area contributed by atoms with Gasteiger partial charge in [-0.15, -0.1) is 0 Å². The summed E-state index contributed by atoms with van der Waals surface area (Å²) in [6.07, 6.45) is 5.56. The highest BCUT2D eigenvalue weighted by Crippen LogP contribution is 2.43. The largest absolute Gasteiger partial charge is 0.488 e. The van der Waals surface area contributed by atoms with Crippen LogP contribution in [-0.2, 0) is 11.3 Å². The summed E-state index contributed by atoms with van der Waals surface area (Å²) in [6.45, 7) is 2.11. The van der Waals surface area contributed by atoms with Gasteiger partial charge < -0.3 is 9.47 Å². The fraction of sp³-hybridized carbons (Fsp3) is 0.240. The maximum Gasteiger partial charge on any atom is 0.358 e. The van der Waals surface area contributed by atoms with Crippen LogP contribution < -0.4 is 4.74 Å². The van der Waals surface area contributed by atoms with Crippen LogP contribution in [-0.4, -0.2) is 22.5 Å². The maximum atomic E-state index is 14.0. The number of ether oxygens (including phenoxy) is 2. The van der Waals surface area contributed by atoms with Gasteiger partial charge in [-0.3, -0.25) is 4.98 Å². The second-order valence-corrected chi connectivity index (χ2v) is 7.78. The zero-order valence-electron chi connectivity index (χ0n) is 17.6. The number of nitrogens with zero attached hydrogens (tertiary/aromatic N) is 2. The van der Waals surface area contributed by atoms with Gasteiger partial charge in [0.05, 0.1) is 24.7 Å². The molecule has 164 valence electrons. The molecule has 0 unspecified atom stereocenters. The van der Waals surface area contributed by atoms with Crippen molar-refractivity contribution in [2.75, 3.05) is 6.61 Å². The molecule has 1 aliphatic carbocycles. The fourth-order valence-corrected chi connectivity index (χ4v) is 3.95. The minimum Gasteiger partial charge on any atom is -0.488 e. The van der Waals surface area contributed by atoms with E-state index in [-0.39, 0.29) is 24.7 Å². The summed E-state index contributed by atoms with van der Waals surface area (Å²) in [6, 6.07) is 11.9. The summed E-state index contributed by atoms with van der Waals surface area (Å²) < 4.78 is 25.1. The molecule has 0 saturated carbocycles. The van der Waals surface area contributed by atoms with Gasteiger partial charge in [-0.1, -0.05) is 29.8 Å². The van der Waals surface area contributed by atoms with Crippen LogP contribution in [0, 0.1) is 5.82 Å². The van der Waals surface area contributed by atoms with Crippen LogP contribution in [0.2, 0.25) is 5.02 Å². The highest BCUT2D eigenvalue weighted by Gasteiger charge is 2.23. The number of carbonyl (C=O) groups excluding carboxylic acids is 1. The third-order valence-electron chi connectivity index (χ3n) is 5.25. The molecule has 7 heteroatoms. The molecule has 0 amide bonds. The minimum atomic E-state index is -0.501. The Balaban J connectivity index is 1.70. The molecular formula is C25H22ClFN2O3. The summed E-state index contributed by atoms with van der Waals surface area (Å²) >= 11 is 6.31. The molecular weight excluding hydrogens is 431 g/mol. The van der Waals surface area contributed by atoms with Crippen LogP contribution in [0.3, 0.4) is 0 Å². The Morgan fingerprint density at radius 3 is 2.75 bits per heavy atom. The number of benzene rings is 2. The van der Waals surface area contributed by atoms with E-state index >= 15 is 0 Å². The quantitative estimate of drug-likeness (QED) is 0.404. The Hall–Kier alpha value is -3.25. The number of hydrogen-bond acceptors (Lipinski definition) is 5. The van der Waals surface area contributed by atoms with Crippen molar-refractivity contribution in [2.24, 2.45) is 0 Å². The average Bonchev–Trinajstić information content (AvgIpc) is 3.29. The second kappa shape index (κ2) is 9.92. The predicted octanol–water partition coefficient (Wildman–Crippen LogP) is 6.12. The Bertz CT molecular complexity index is 1180. The molecule has 2 aromatic carbocycles. The Morgan fingerprint density at radius 1 is 1.12 bits per heavy atom. The van der Waals surface area contributed by atoms with E-state index in [1.54, 1.807) is 43.5 Å². The molecule has 0 N–H and O–H groups in total. The summed E-state index contributed by atoms with van der Waals surface area (Å²) in [7, 11) is 0. The molecule has 3 aromatic rings. The Morgan fingerprint density at radius 2 is 1.94 bits per heavy atom. The summed E-state index contributed by atoms with van der Waals surface area (Å²) in [4.78, 5) is 20.8. The number of esters is 1. The first kappa shape index (κ1) is 22.0. The van der Waals surface area contributed by atoms with Gasteiger partial charge in [0.25, 0.3) is 0 Å². The van der Waals surface area contributed by atoms with Gasteiger partial charge in [0, 0.05) is 16.1 Å². The molecule has 4 rings (SSSR count). The number of carbonyl (C=O) groups is 1. The molecule has 5 nitrogen and oxygen atoms in total. The first-order valence-corrected chi connectivity index (χ1v) is 10.8. The number of hydrogen-bond donors (Lipinski definition) is 0. The zero-order chi connectivity index (χ0) is 22.5. The standard InChI is InChI=1S/C25H22ClFN2O3/c1-2-31-25(30)23-14-28-13-22(29-23)19-8-5-7-18(19)20-12-17(26)10-11-24(20)32-15-16-6-3-4-9-21(16)27/h3-4,6,9-14H,2,5,7-8,15H2,1H3. The van der Waals surface area contributed by atoms with Gasteiger partial charge >= 0.3 is 5.97 Å². The first-order valence-electron chi connectivity index (χ1n) is 10.4. The lowest BCUT2D eigenvalue weighted by Gasteiger charge is -2.15. The first-order chi connectivity index (χ1) is 15.6. The van der Waals surface area contributed by atoms with E-state index in [9.17, 15) is 9.18 Å². The van der Waals surface area contributed by atoms with Crippen LogP contribution in [0.1, 0.15) is 53.5 Å². The van der Waals surface area contributed by atoms with Crippen LogP contribution in [0.4, 0.5) is 4.39 Å². The number of halogens is 2. The molecule has 32 heavy (non-hydrogen) atoms. The zero-order valence-corrected chi connectivity index (χ0v) is 18.4. The normalized spacial score (nSPS) is 13.3. The number of aromatic nitrogens is 2. The van der Waals surface area contributed by atoms with E-state index in [0.29, 0.717) is 22.0 Å². The average molecular weight is 453 g/mol. The highest BCUT2D eigenvalue weighted by molar-refractivity contribution is 6.30.